The van der Waals surface area contributed by atoms with Crippen molar-refractivity contribution in [3.8, 4) is 0 Å². The molecule has 0 aliphatic heterocycles. The second-order valence-corrected chi connectivity index (χ2v) is 5.23. The van der Waals surface area contributed by atoms with E-state index in [4.69, 9.17) is 10.5 Å². The molecule has 0 radical (unpaired) electrons. The van der Waals surface area contributed by atoms with Crippen LogP contribution in [0, 0.1) is 5.82 Å². The maximum atomic E-state index is 13.0. The van der Waals surface area contributed by atoms with E-state index < -0.39 is 12.0 Å². The molecule has 7 heteroatoms. The van der Waals surface area contributed by atoms with Gasteiger partial charge in [-0.1, -0.05) is 22.0 Å². The zero-order valence-electron chi connectivity index (χ0n) is 11.3. The van der Waals surface area contributed by atoms with Crippen LogP contribution in [0.3, 0.4) is 0 Å². The minimum Gasteiger partial charge on any atom is -0.457 e. The summed E-state index contributed by atoms with van der Waals surface area (Å²) in [5, 5.41) is 2.39. The molecule has 0 saturated heterocycles. The van der Waals surface area contributed by atoms with Gasteiger partial charge in [0.1, 0.15) is 12.4 Å². The number of hydrogen-bond donors (Lipinski definition) is 2. The third-order valence-electron chi connectivity index (χ3n) is 2.76. The van der Waals surface area contributed by atoms with Crippen molar-refractivity contribution in [2.75, 3.05) is 5.32 Å². The van der Waals surface area contributed by atoms with Crippen molar-refractivity contribution >= 4 is 33.6 Å². The average Bonchev–Trinajstić information content (AvgIpc) is 2.46. The monoisotopic (exact) mass is 366 g/mol. The smallest absolute Gasteiger partial charge is 0.338 e. The molecule has 0 aliphatic carbocycles. The summed E-state index contributed by atoms with van der Waals surface area (Å²) in [5.41, 5.74) is 6.45. The van der Waals surface area contributed by atoms with Gasteiger partial charge >= 0.3 is 12.0 Å². The number of halogens is 2. The Labute approximate surface area is 134 Å². The highest BCUT2D eigenvalue weighted by Gasteiger charge is 2.09. The fourth-order valence-corrected chi connectivity index (χ4v) is 2.16. The number of benzene rings is 2. The first kappa shape index (κ1) is 16.0. The Morgan fingerprint density at radius 1 is 1.18 bits per heavy atom. The number of carbonyl (C=O) groups excluding carboxylic acids is 2. The van der Waals surface area contributed by atoms with Crippen LogP contribution in [-0.2, 0) is 11.3 Å². The first-order valence-corrected chi connectivity index (χ1v) is 7.02. The molecule has 2 amide bonds. The van der Waals surface area contributed by atoms with E-state index in [0.29, 0.717) is 21.3 Å². The minimum atomic E-state index is -0.684. The summed E-state index contributed by atoms with van der Waals surface area (Å²) in [4.78, 5) is 22.6. The van der Waals surface area contributed by atoms with E-state index in [1.807, 2.05) is 0 Å². The first-order chi connectivity index (χ1) is 10.5. The predicted octanol–water partition coefficient (Wildman–Crippen LogP) is 3.44. The number of hydrogen-bond acceptors (Lipinski definition) is 3. The Kier molecular flexibility index (Phi) is 5.11. The van der Waals surface area contributed by atoms with Crippen LogP contribution in [0.15, 0.2) is 46.9 Å². The van der Waals surface area contributed by atoms with Gasteiger partial charge < -0.3 is 15.8 Å². The number of anilines is 1. The van der Waals surface area contributed by atoms with Crippen LogP contribution >= 0.6 is 15.9 Å². The number of amides is 2. The molecular weight excluding hydrogens is 355 g/mol. The summed E-state index contributed by atoms with van der Waals surface area (Å²) in [5.74, 6) is -0.902. The lowest BCUT2D eigenvalue weighted by molar-refractivity contribution is 0.0472. The highest BCUT2D eigenvalue weighted by Crippen LogP contribution is 2.19. The Hall–Kier alpha value is -2.41. The zero-order chi connectivity index (χ0) is 16.1. The van der Waals surface area contributed by atoms with E-state index >= 15 is 0 Å². The molecule has 0 fully saturated rings. The second-order valence-electron chi connectivity index (χ2n) is 4.38. The number of carbonyl (C=O) groups is 2. The van der Waals surface area contributed by atoms with Crippen molar-refractivity contribution in [3.05, 3.63) is 63.9 Å². The zero-order valence-corrected chi connectivity index (χ0v) is 12.9. The van der Waals surface area contributed by atoms with Crippen molar-refractivity contribution in [2.24, 2.45) is 5.73 Å². The first-order valence-electron chi connectivity index (χ1n) is 6.23. The van der Waals surface area contributed by atoms with Crippen molar-refractivity contribution in [2.45, 2.75) is 6.61 Å². The summed E-state index contributed by atoms with van der Waals surface area (Å²) in [6.07, 6.45) is 0. The molecule has 114 valence electrons. The van der Waals surface area contributed by atoms with E-state index in [-0.39, 0.29) is 12.4 Å². The van der Waals surface area contributed by atoms with Gasteiger partial charge in [0, 0.05) is 15.7 Å². The fraction of sp³-hybridized carbons (Fsp3) is 0.0667. The Bertz CT molecular complexity index is 704. The van der Waals surface area contributed by atoms with Crippen molar-refractivity contribution in [1.82, 2.24) is 0 Å². The van der Waals surface area contributed by atoms with Gasteiger partial charge in [-0.05, 0) is 36.4 Å². The molecule has 0 aliphatic rings. The number of primary amides is 1. The molecule has 0 heterocycles. The lowest BCUT2D eigenvalue weighted by Crippen LogP contribution is -2.19. The van der Waals surface area contributed by atoms with E-state index in [0.717, 1.165) is 0 Å². The number of urea groups is 1. The van der Waals surface area contributed by atoms with E-state index in [2.05, 4.69) is 21.2 Å². The SMILES string of the molecule is NC(=O)Nc1ccc(C(=O)OCc2ccc(F)cc2Br)cc1. The molecule has 3 N–H and O–H groups in total. The van der Waals surface area contributed by atoms with Gasteiger partial charge in [-0.25, -0.2) is 14.0 Å². The third-order valence-corrected chi connectivity index (χ3v) is 3.50. The van der Waals surface area contributed by atoms with Gasteiger partial charge in [0.05, 0.1) is 5.56 Å². The van der Waals surface area contributed by atoms with Crippen LogP contribution in [-0.4, -0.2) is 12.0 Å². The molecule has 0 saturated carbocycles. The third kappa shape index (κ3) is 4.29. The standard InChI is InChI=1S/C15H12BrFN2O3/c16-13-7-11(17)4-1-10(13)8-22-14(20)9-2-5-12(6-3-9)19-15(18)21/h1-7H,8H2,(H3,18,19,21). The van der Waals surface area contributed by atoms with Crippen molar-refractivity contribution in [3.63, 3.8) is 0 Å². The molecular formula is C15H12BrFN2O3. The molecule has 2 aromatic rings. The quantitative estimate of drug-likeness (QED) is 0.813. The second kappa shape index (κ2) is 7.04. The highest BCUT2D eigenvalue weighted by atomic mass is 79.9. The summed E-state index contributed by atoms with van der Waals surface area (Å²) < 4.78 is 18.6. The molecule has 2 aromatic carbocycles. The minimum absolute atomic E-state index is 0.0149. The number of nitrogens with two attached hydrogens (primary N) is 1. The summed E-state index contributed by atoms with van der Waals surface area (Å²) in [6, 6.07) is 9.53. The van der Waals surface area contributed by atoms with Crippen LogP contribution < -0.4 is 11.1 Å². The normalized spacial score (nSPS) is 10.1. The van der Waals surface area contributed by atoms with Crippen molar-refractivity contribution < 1.29 is 18.7 Å². The Morgan fingerprint density at radius 2 is 1.86 bits per heavy atom. The molecule has 0 atom stereocenters. The average molecular weight is 367 g/mol. The van der Waals surface area contributed by atoms with Gasteiger partial charge in [0.15, 0.2) is 0 Å². The molecule has 0 aromatic heterocycles. The lowest BCUT2D eigenvalue weighted by Gasteiger charge is -2.07. The van der Waals surface area contributed by atoms with Crippen LogP contribution in [0.2, 0.25) is 0 Å². The molecule has 22 heavy (non-hydrogen) atoms. The Morgan fingerprint density at radius 3 is 2.45 bits per heavy atom. The van der Waals surface area contributed by atoms with Gasteiger partial charge in [-0.2, -0.15) is 0 Å². The molecule has 5 nitrogen and oxygen atoms in total. The van der Waals surface area contributed by atoms with Crippen LogP contribution in [0.5, 0.6) is 0 Å². The summed E-state index contributed by atoms with van der Waals surface area (Å²) >= 11 is 3.20. The van der Waals surface area contributed by atoms with Crippen LogP contribution in [0.25, 0.3) is 0 Å². The Balaban J connectivity index is 1.98. The molecule has 0 unspecified atom stereocenters. The fourth-order valence-electron chi connectivity index (χ4n) is 1.70. The van der Waals surface area contributed by atoms with E-state index in [1.165, 1.54) is 42.5 Å². The maximum absolute atomic E-state index is 13.0. The largest absolute Gasteiger partial charge is 0.457 e. The van der Waals surface area contributed by atoms with E-state index in [9.17, 15) is 14.0 Å². The number of rotatable bonds is 4. The highest BCUT2D eigenvalue weighted by molar-refractivity contribution is 9.10. The van der Waals surface area contributed by atoms with Crippen molar-refractivity contribution in [1.29, 1.82) is 0 Å². The topological polar surface area (TPSA) is 81.4 Å². The number of nitrogens with one attached hydrogen (secondary N) is 1. The predicted molar refractivity (Wildman–Crippen MR) is 82.9 cm³/mol. The summed E-state index contributed by atoms with van der Waals surface area (Å²) in [7, 11) is 0. The maximum Gasteiger partial charge on any atom is 0.338 e. The van der Waals surface area contributed by atoms with Gasteiger partial charge in [0.2, 0.25) is 0 Å². The molecule has 2 rings (SSSR count). The van der Waals surface area contributed by atoms with Gasteiger partial charge in [0.25, 0.3) is 0 Å². The van der Waals surface area contributed by atoms with Crippen LogP contribution in [0.1, 0.15) is 15.9 Å². The lowest BCUT2D eigenvalue weighted by atomic mass is 10.2. The summed E-state index contributed by atoms with van der Waals surface area (Å²) in [6.45, 7) is 0.0149. The van der Waals surface area contributed by atoms with Crippen LogP contribution in [0.4, 0.5) is 14.9 Å². The van der Waals surface area contributed by atoms with Gasteiger partial charge in [-0.15, -0.1) is 0 Å². The molecule has 0 bridgehead atoms. The van der Waals surface area contributed by atoms with Gasteiger partial charge in [-0.3, -0.25) is 0 Å². The van der Waals surface area contributed by atoms with E-state index in [1.54, 1.807) is 0 Å². The molecule has 0 spiro atoms. The number of esters is 1. The number of ether oxygens (including phenoxy) is 1.